The van der Waals surface area contributed by atoms with E-state index in [4.69, 9.17) is 0 Å². The van der Waals surface area contributed by atoms with E-state index in [0.717, 1.165) is 42.4 Å². The molecule has 0 aliphatic carbocycles. The van der Waals surface area contributed by atoms with Gasteiger partial charge in [0.15, 0.2) is 0 Å². The van der Waals surface area contributed by atoms with Crippen LogP contribution in [0.25, 0.3) is 0 Å². The maximum Gasteiger partial charge on any atom is 0.254 e. The summed E-state index contributed by atoms with van der Waals surface area (Å²) in [7, 11) is 0. The predicted octanol–water partition coefficient (Wildman–Crippen LogP) is 3.25. The van der Waals surface area contributed by atoms with Crippen LogP contribution in [-0.4, -0.2) is 23.9 Å². The molecule has 0 saturated carbocycles. The Morgan fingerprint density at radius 1 is 1.44 bits per heavy atom. The molecule has 0 saturated heterocycles. The molecular formula is C13H16BrNO. The van der Waals surface area contributed by atoms with E-state index in [-0.39, 0.29) is 5.91 Å². The summed E-state index contributed by atoms with van der Waals surface area (Å²) in [5.41, 5.74) is 2.04. The lowest BCUT2D eigenvalue weighted by atomic mass is 9.99. The number of carbonyl (C=O) groups is 1. The van der Waals surface area contributed by atoms with Gasteiger partial charge in [-0.1, -0.05) is 35.3 Å². The van der Waals surface area contributed by atoms with Gasteiger partial charge < -0.3 is 4.90 Å². The molecule has 86 valence electrons. The molecule has 1 aliphatic rings. The van der Waals surface area contributed by atoms with Crippen LogP contribution in [0.4, 0.5) is 0 Å². The van der Waals surface area contributed by atoms with E-state index in [1.165, 1.54) is 5.56 Å². The third-order valence-corrected chi connectivity index (χ3v) is 3.79. The first-order valence-corrected chi connectivity index (χ1v) is 6.60. The van der Waals surface area contributed by atoms with E-state index in [0.29, 0.717) is 0 Å². The number of benzene rings is 1. The number of nitrogens with zero attached hydrogens (tertiary/aromatic N) is 1. The van der Waals surface area contributed by atoms with Crippen LogP contribution in [0.2, 0.25) is 0 Å². The maximum atomic E-state index is 12.2. The number of rotatable bonds is 3. The molecule has 1 aromatic rings. The van der Waals surface area contributed by atoms with Crippen molar-refractivity contribution in [2.24, 2.45) is 0 Å². The Hall–Kier alpha value is -0.830. The third kappa shape index (κ3) is 2.14. The minimum atomic E-state index is 0.191. The second-order valence-corrected chi connectivity index (χ2v) is 5.02. The molecule has 1 heterocycles. The fourth-order valence-corrected chi connectivity index (χ4v) is 2.66. The largest absolute Gasteiger partial charge is 0.338 e. The zero-order chi connectivity index (χ0) is 11.5. The first kappa shape index (κ1) is 11.6. The number of amides is 1. The fourth-order valence-electron chi connectivity index (χ4n) is 2.09. The molecule has 0 aromatic heterocycles. The molecular weight excluding hydrogens is 266 g/mol. The summed E-state index contributed by atoms with van der Waals surface area (Å²) >= 11 is 3.51. The van der Waals surface area contributed by atoms with Crippen molar-refractivity contribution < 1.29 is 4.79 Å². The second-order valence-electron chi connectivity index (χ2n) is 4.16. The number of unbranched alkanes of at least 4 members (excludes halogenated alkanes) is 1. The topological polar surface area (TPSA) is 20.3 Å². The maximum absolute atomic E-state index is 12.2. The van der Waals surface area contributed by atoms with E-state index in [1.54, 1.807) is 0 Å². The number of carbonyl (C=O) groups excluding carboxylic acids is 1. The van der Waals surface area contributed by atoms with Gasteiger partial charge in [0.05, 0.1) is 0 Å². The highest BCUT2D eigenvalue weighted by molar-refractivity contribution is 9.10. The molecule has 1 aliphatic heterocycles. The molecule has 1 amide bonds. The first-order valence-electron chi connectivity index (χ1n) is 5.80. The Morgan fingerprint density at radius 2 is 2.25 bits per heavy atom. The van der Waals surface area contributed by atoms with E-state index in [9.17, 15) is 4.79 Å². The van der Waals surface area contributed by atoms with Gasteiger partial charge in [-0.25, -0.2) is 0 Å². The molecule has 0 fully saturated rings. The van der Waals surface area contributed by atoms with E-state index in [2.05, 4.69) is 22.9 Å². The van der Waals surface area contributed by atoms with Crippen molar-refractivity contribution in [2.45, 2.75) is 26.2 Å². The molecule has 0 atom stereocenters. The standard InChI is InChI=1S/C13H16BrNO/c1-2-3-8-15-9-7-10-11(13(15)16)5-4-6-12(10)14/h4-6H,2-3,7-9H2,1H3. The van der Waals surface area contributed by atoms with Crippen LogP contribution in [0.5, 0.6) is 0 Å². The van der Waals surface area contributed by atoms with Crippen molar-refractivity contribution in [3.63, 3.8) is 0 Å². The van der Waals surface area contributed by atoms with Gasteiger partial charge in [0.1, 0.15) is 0 Å². The molecule has 0 N–H and O–H groups in total. The Bertz CT molecular complexity index is 403. The summed E-state index contributed by atoms with van der Waals surface area (Å²) in [6.45, 7) is 3.90. The van der Waals surface area contributed by atoms with Crippen molar-refractivity contribution in [3.8, 4) is 0 Å². The van der Waals surface area contributed by atoms with Gasteiger partial charge in [-0.15, -0.1) is 0 Å². The molecule has 2 nitrogen and oxygen atoms in total. The van der Waals surface area contributed by atoms with Gasteiger partial charge >= 0.3 is 0 Å². The van der Waals surface area contributed by atoms with Gasteiger partial charge in [0, 0.05) is 23.1 Å². The summed E-state index contributed by atoms with van der Waals surface area (Å²) in [5.74, 6) is 0.191. The summed E-state index contributed by atoms with van der Waals surface area (Å²) in [6, 6.07) is 5.87. The lowest BCUT2D eigenvalue weighted by Gasteiger charge is -2.29. The third-order valence-electron chi connectivity index (χ3n) is 3.05. The van der Waals surface area contributed by atoms with Gasteiger partial charge in [-0.05, 0) is 30.5 Å². The highest BCUT2D eigenvalue weighted by Crippen LogP contribution is 2.26. The number of hydrogen-bond donors (Lipinski definition) is 0. The zero-order valence-corrected chi connectivity index (χ0v) is 11.1. The quantitative estimate of drug-likeness (QED) is 0.833. The average molecular weight is 282 g/mol. The van der Waals surface area contributed by atoms with E-state index >= 15 is 0 Å². The van der Waals surface area contributed by atoms with Crippen molar-refractivity contribution in [2.75, 3.05) is 13.1 Å². The first-order chi connectivity index (χ1) is 7.74. The van der Waals surface area contributed by atoms with Gasteiger partial charge in [-0.3, -0.25) is 4.79 Å². The predicted molar refractivity (Wildman–Crippen MR) is 68.7 cm³/mol. The molecule has 0 radical (unpaired) electrons. The van der Waals surface area contributed by atoms with Gasteiger partial charge in [0.2, 0.25) is 0 Å². The van der Waals surface area contributed by atoms with Crippen LogP contribution in [0.3, 0.4) is 0 Å². The van der Waals surface area contributed by atoms with E-state index < -0.39 is 0 Å². The minimum absolute atomic E-state index is 0.191. The van der Waals surface area contributed by atoms with Crippen LogP contribution in [0.15, 0.2) is 22.7 Å². The highest BCUT2D eigenvalue weighted by Gasteiger charge is 2.24. The Morgan fingerprint density at radius 3 is 3.00 bits per heavy atom. The smallest absolute Gasteiger partial charge is 0.254 e. The van der Waals surface area contributed by atoms with Gasteiger partial charge in [-0.2, -0.15) is 0 Å². The van der Waals surface area contributed by atoms with Crippen LogP contribution < -0.4 is 0 Å². The molecule has 0 unspecified atom stereocenters. The summed E-state index contributed by atoms with van der Waals surface area (Å²) in [5, 5.41) is 0. The minimum Gasteiger partial charge on any atom is -0.338 e. The Kier molecular flexibility index (Phi) is 3.64. The van der Waals surface area contributed by atoms with Crippen LogP contribution >= 0.6 is 15.9 Å². The lowest BCUT2D eigenvalue weighted by Crippen LogP contribution is -2.38. The highest BCUT2D eigenvalue weighted by atomic mass is 79.9. The Balaban J connectivity index is 2.22. The van der Waals surface area contributed by atoms with Gasteiger partial charge in [0.25, 0.3) is 5.91 Å². The van der Waals surface area contributed by atoms with Crippen molar-refractivity contribution in [3.05, 3.63) is 33.8 Å². The van der Waals surface area contributed by atoms with Crippen LogP contribution in [0, 0.1) is 0 Å². The fraction of sp³-hybridized carbons (Fsp3) is 0.462. The van der Waals surface area contributed by atoms with Crippen LogP contribution in [0.1, 0.15) is 35.7 Å². The molecule has 0 bridgehead atoms. The monoisotopic (exact) mass is 281 g/mol. The normalized spacial score (nSPS) is 15.1. The summed E-state index contributed by atoms with van der Waals surface area (Å²) in [6.07, 6.45) is 3.19. The van der Waals surface area contributed by atoms with Crippen molar-refractivity contribution in [1.29, 1.82) is 0 Å². The second kappa shape index (κ2) is 5.00. The van der Waals surface area contributed by atoms with Crippen molar-refractivity contribution >= 4 is 21.8 Å². The summed E-state index contributed by atoms with van der Waals surface area (Å²) < 4.78 is 1.06. The molecule has 2 rings (SSSR count). The Labute approximate surface area is 105 Å². The SMILES string of the molecule is CCCCN1CCc2c(Br)cccc2C1=O. The molecule has 16 heavy (non-hydrogen) atoms. The molecule has 0 spiro atoms. The molecule has 3 heteroatoms. The van der Waals surface area contributed by atoms with Crippen molar-refractivity contribution in [1.82, 2.24) is 4.90 Å². The average Bonchev–Trinajstić information content (AvgIpc) is 2.29. The van der Waals surface area contributed by atoms with E-state index in [1.807, 2.05) is 23.1 Å². The number of halogens is 1. The summed E-state index contributed by atoms with van der Waals surface area (Å²) in [4.78, 5) is 14.2. The van der Waals surface area contributed by atoms with Crippen LogP contribution in [-0.2, 0) is 6.42 Å². The number of fused-ring (bicyclic) bond motifs is 1. The number of hydrogen-bond acceptors (Lipinski definition) is 1. The molecule has 1 aromatic carbocycles. The lowest BCUT2D eigenvalue weighted by molar-refractivity contribution is 0.0737. The zero-order valence-electron chi connectivity index (χ0n) is 9.50.